The lowest BCUT2D eigenvalue weighted by Crippen LogP contribution is -2.02. The summed E-state index contributed by atoms with van der Waals surface area (Å²) in [5.74, 6) is -5.79. The Kier molecular flexibility index (Phi) is 2.99. The van der Waals surface area contributed by atoms with Crippen molar-refractivity contribution in [1.29, 1.82) is 0 Å². The lowest BCUT2D eigenvalue weighted by atomic mass is 10.2. The fourth-order valence-electron chi connectivity index (χ4n) is 1.35. The van der Waals surface area contributed by atoms with Gasteiger partial charge in [-0.15, -0.1) is 0 Å². The topological polar surface area (TPSA) is 12.0 Å². The Balaban J connectivity index is 2.46. The zero-order chi connectivity index (χ0) is 12.4. The highest BCUT2D eigenvalue weighted by molar-refractivity contribution is 5.60. The number of rotatable bonds is 2. The molecule has 0 fully saturated rings. The normalized spacial score (nSPS) is 10.4. The van der Waals surface area contributed by atoms with E-state index in [-0.39, 0.29) is 6.07 Å². The number of hydrogen-bond donors (Lipinski definition) is 1. The largest absolute Gasteiger partial charge is 0.351 e. The number of benzene rings is 2. The van der Waals surface area contributed by atoms with E-state index in [0.717, 1.165) is 0 Å². The molecule has 2 rings (SSSR count). The Hall–Kier alpha value is -2.04. The van der Waals surface area contributed by atoms with Crippen LogP contribution in [-0.4, -0.2) is 0 Å². The standard InChI is InChI=1S/C12H7F4N/c13-8-6-9(14)11(16)12(10(8)15)17-7-4-2-1-3-5-7/h1-6,17H. The van der Waals surface area contributed by atoms with Crippen molar-refractivity contribution in [3.63, 3.8) is 0 Å². The summed E-state index contributed by atoms with van der Waals surface area (Å²) >= 11 is 0. The molecule has 5 heteroatoms. The van der Waals surface area contributed by atoms with Crippen LogP contribution in [0.15, 0.2) is 36.4 Å². The van der Waals surface area contributed by atoms with Gasteiger partial charge in [0.2, 0.25) is 0 Å². The molecule has 0 unspecified atom stereocenters. The molecule has 0 aliphatic carbocycles. The van der Waals surface area contributed by atoms with E-state index in [4.69, 9.17) is 0 Å². The van der Waals surface area contributed by atoms with Gasteiger partial charge in [0.25, 0.3) is 0 Å². The first kappa shape index (κ1) is 11.4. The highest BCUT2D eigenvalue weighted by Gasteiger charge is 2.18. The van der Waals surface area contributed by atoms with Gasteiger partial charge in [0, 0.05) is 11.8 Å². The quantitative estimate of drug-likeness (QED) is 0.619. The van der Waals surface area contributed by atoms with E-state index in [1.54, 1.807) is 18.2 Å². The van der Waals surface area contributed by atoms with Gasteiger partial charge >= 0.3 is 0 Å². The molecular formula is C12H7F4N. The van der Waals surface area contributed by atoms with Crippen molar-refractivity contribution >= 4 is 11.4 Å². The van der Waals surface area contributed by atoms with Crippen molar-refractivity contribution in [3.8, 4) is 0 Å². The molecule has 0 saturated carbocycles. The Bertz CT molecular complexity index is 514. The van der Waals surface area contributed by atoms with Gasteiger partial charge in [-0.25, -0.2) is 17.6 Å². The Labute approximate surface area is 94.7 Å². The monoisotopic (exact) mass is 241 g/mol. The van der Waals surface area contributed by atoms with Gasteiger partial charge < -0.3 is 5.32 Å². The van der Waals surface area contributed by atoms with E-state index < -0.39 is 29.0 Å². The predicted octanol–water partition coefficient (Wildman–Crippen LogP) is 3.99. The Morgan fingerprint density at radius 2 is 1.29 bits per heavy atom. The van der Waals surface area contributed by atoms with E-state index in [9.17, 15) is 17.6 Å². The molecule has 2 aromatic carbocycles. The molecule has 2 aromatic rings. The van der Waals surface area contributed by atoms with Crippen molar-refractivity contribution in [2.45, 2.75) is 0 Å². The minimum Gasteiger partial charge on any atom is -0.351 e. The second kappa shape index (κ2) is 4.45. The molecule has 1 nitrogen and oxygen atoms in total. The minimum absolute atomic E-state index is 0.167. The third-order valence-corrected chi connectivity index (χ3v) is 2.15. The average Bonchev–Trinajstić information content (AvgIpc) is 2.33. The molecule has 88 valence electrons. The average molecular weight is 241 g/mol. The molecule has 0 atom stereocenters. The van der Waals surface area contributed by atoms with Gasteiger partial charge in [-0.05, 0) is 12.1 Å². The van der Waals surface area contributed by atoms with Gasteiger partial charge in [-0.3, -0.25) is 0 Å². The highest BCUT2D eigenvalue weighted by atomic mass is 19.2. The van der Waals surface area contributed by atoms with Crippen molar-refractivity contribution in [2.75, 3.05) is 5.32 Å². The van der Waals surface area contributed by atoms with E-state index in [1.165, 1.54) is 12.1 Å². The first-order valence-electron chi connectivity index (χ1n) is 4.74. The summed E-state index contributed by atoms with van der Waals surface area (Å²) in [6, 6.07) is 8.13. The molecule has 0 bridgehead atoms. The summed E-state index contributed by atoms with van der Waals surface area (Å²) in [4.78, 5) is 0. The van der Waals surface area contributed by atoms with Crippen LogP contribution < -0.4 is 5.32 Å². The number of hydrogen-bond acceptors (Lipinski definition) is 1. The predicted molar refractivity (Wildman–Crippen MR) is 56.0 cm³/mol. The van der Waals surface area contributed by atoms with Gasteiger partial charge in [0.1, 0.15) is 5.69 Å². The number of para-hydroxylation sites is 1. The van der Waals surface area contributed by atoms with Crippen LogP contribution in [0.4, 0.5) is 28.9 Å². The second-order valence-electron chi connectivity index (χ2n) is 3.33. The van der Waals surface area contributed by atoms with Crippen molar-refractivity contribution in [2.24, 2.45) is 0 Å². The first-order chi connectivity index (χ1) is 8.09. The van der Waals surface area contributed by atoms with E-state index >= 15 is 0 Å². The summed E-state index contributed by atoms with van der Waals surface area (Å²) in [6.07, 6.45) is 0. The molecule has 0 radical (unpaired) electrons. The molecule has 0 aliphatic rings. The summed E-state index contributed by atoms with van der Waals surface area (Å²) in [5, 5.41) is 2.29. The lowest BCUT2D eigenvalue weighted by molar-refractivity contribution is 0.459. The molecule has 0 aromatic heterocycles. The third kappa shape index (κ3) is 2.22. The maximum Gasteiger partial charge on any atom is 0.185 e. The lowest BCUT2D eigenvalue weighted by Gasteiger charge is -2.09. The maximum atomic E-state index is 13.3. The molecule has 0 saturated heterocycles. The van der Waals surface area contributed by atoms with Crippen molar-refractivity contribution in [3.05, 3.63) is 59.7 Å². The summed E-state index contributed by atoms with van der Waals surface area (Å²) < 4.78 is 52.4. The third-order valence-electron chi connectivity index (χ3n) is 2.15. The highest BCUT2D eigenvalue weighted by Crippen LogP contribution is 2.27. The first-order valence-corrected chi connectivity index (χ1v) is 4.74. The fourth-order valence-corrected chi connectivity index (χ4v) is 1.35. The second-order valence-corrected chi connectivity index (χ2v) is 3.33. The van der Waals surface area contributed by atoms with E-state index in [0.29, 0.717) is 5.69 Å². The molecule has 0 aliphatic heterocycles. The smallest absolute Gasteiger partial charge is 0.185 e. The van der Waals surface area contributed by atoms with Crippen LogP contribution in [-0.2, 0) is 0 Å². The summed E-state index contributed by atoms with van der Waals surface area (Å²) in [5.41, 5.74) is -0.510. The van der Waals surface area contributed by atoms with Crippen LogP contribution in [0.1, 0.15) is 0 Å². The van der Waals surface area contributed by atoms with Gasteiger partial charge in [-0.1, -0.05) is 18.2 Å². The van der Waals surface area contributed by atoms with Crippen molar-refractivity contribution in [1.82, 2.24) is 0 Å². The molecule has 17 heavy (non-hydrogen) atoms. The van der Waals surface area contributed by atoms with Crippen LogP contribution in [0.2, 0.25) is 0 Å². The minimum atomic E-state index is -1.45. The van der Waals surface area contributed by atoms with E-state index in [2.05, 4.69) is 5.32 Å². The number of halogens is 4. The molecule has 0 amide bonds. The van der Waals surface area contributed by atoms with Crippen LogP contribution in [0.3, 0.4) is 0 Å². The summed E-state index contributed by atoms with van der Waals surface area (Å²) in [6.45, 7) is 0. The maximum absolute atomic E-state index is 13.3. The zero-order valence-corrected chi connectivity index (χ0v) is 8.48. The van der Waals surface area contributed by atoms with Crippen LogP contribution in [0.25, 0.3) is 0 Å². The number of anilines is 2. The Morgan fingerprint density at radius 1 is 0.765 bits per heavy atom. The number of nitrogens with one attached hydrogen (secondary N) is 1. The summed E-state index contributed by atoms with van der Waals surface area (Å²) in [7, 11) is 0. The zero-order valence-electron chi connectivity index (χ0n) is 8.48. The van der Waals surface area contributed by atoms with Crippen LogP contribution in [0.5, 0.6) is 0 Å². The molecule has 1 N–H and O–H groups in total. The Morgan fingerprint density at radius 3 is 1.82 bits per heavy atom. The van der Waals surface area contributed by atoms with Gasteiger partial charge in [0.15, 0.2) is 23.3 Å². The fraction of sp³-hybridized carbons (Fsp3) is 0. The van der Waals surface area contributed by atoms with Gasteiger partial charge in [0.05, 0.1) is 0 Å². The molecule has 0 heterocycles. The van der Waals surface area contributed by atoms with Crippen molar-refractivity contribution < 1.29 is 17.6 Å². The molecule has 0 spiro atoms. The SMILES string of the molecule is Fc1cc(F)c(F)c(Nc2ccccc2)c1F. The van der Waals surface area contributed by atoms with Crippen LogP contribution >= 0.6 is 0 Å². The molecular weight excluding hydrogens is 234 g/mol. The van der Waals surface area contributed by atoms with E-state index in [1.807, 2.05) is 0 Å². The van der Waals surface area contributed by atoms with Gasteiger partial charge in [-0.2, -0.15) is 0 Å². The van der Waals surface area contributed by atoms with Crippen LogP contribution in [0, 0.1) is 23.3 Å².